The zero-order chi connectivity index (χ0) is 29.0. The Balaban J connectivity index is 1.61. The molecule has 0 saturated carbocycles. The second-order valence-electron chi connectivity index (χ2n) is 11.4. The molecule has 1 aliphatic heterocycles. The number of hydrogen-bond donors (Lipinski definition) is 2. The second-order valence-corrected chi connectivity index (χ2v) is 11.4. The van der Waals surface area contributed by atoms with E-state index >= 15 is 0 Å². The van der Waals surface area contributed by atoms with Crippen LogP contribution in [-0.2, 0) is 27.2 Å². The Morgan fingerprint density at radius 2 is 0.905 bits per heavy atom. The molecule has 0 radical (unpaired) electrons. The van der Waals surface area contributed by atoms with Gasteiger partial charge >= 0.3 is 0 Å². The van der Waals surface area contributed by atoms with E-state index in [4.69, 9.17) is 9.47 Å². The Labute approximate surface area is 248 Å². The van der Waals surface area contributed by atoms with Crippen molar-refractivity contribution in [1.82, 2.24) is 5.32 Å². The minimum Gasteiger partial charge on any atom is -0.378 e. The predicted octanol–water partition coefficient (Wildman–Crippen LogP) is 7.18. The Hall–Kier alpha value is -4.06. The number of rotatable bonds is 9. The largest absolute Gasteiger partial charge is 0.378 e. The second kappa shape index (κ2) is 11.7. The van der Waals surface area contributed by atoms with E-state index < -0.39 is 29.1 Å². The standard InChI is InChI=1S/C38H37NO3/c1-36(2)41-34(35(42-36)38(40,32-24-14-6-15-25-32)33-26-16-7-17-27-33)37(30-20-10-4-11-21-30,31-22-12-5-13-23-31)39-28-29-18-8-3-9-19-29/h3-27,34-35,39-40H,28H2,1-2H3/t34-,35-/m1/s1. The van der Waals surface area contributed by atoms with Crippen LogP contribution in [0.5, 0.6) is 0 Å². The van der Waals surface area contributed by atoms with Gasteiger partial charge in [-0.2, -0.15) is 0 Å². The normalized spacial score (nSPS) is 18.5. The monoisotopic (exact) mass is 555 g/mol. The fourth-order valence-corrected chi connectivity index (χ4v) is 6.30. The van der Waals surface area contributed by atoms with Gasteiger partial charge in [0.2, 0.25) is 0 Å². The van der Waals surface area contributed by atoms with Crippen LogP contribution in [0.1, 0.15) is 41.7 Å². The van der Waals surface area contributed by atoms with Gasteiger partial charge in [-0.25, -0.2) is 0 Å². The third kappa shape index (κ3) is 5.19. The summed E-state index contributed by atoms with van der Waals surface area (Å²) in [5.74, 6) is -0.976. The highest BCUT2D eigenvalue weighted by Crippen LogP contribution is 2.50. The van der Waals surface area contributed by atoms with Crippen LogP contribution in [-0.4, -0.2) is 23.1 Å². The van der Waals surface area contributed by atoms with Crippen molar-refractivity contribution in [2.45, 2.75) is 49.5 Å². The van der Waals surface area contributed by atoms with Crippen molar-refractivity contribution in [3.05, 3.63) is 179 Å². The Morgan fingerprint density at radius 3 is 1.33 bits per heavy atom. The molecule has 5 aromatic carbocycles. The van der Waals surface area contributed by atoms with E-state index in [1.54, 1.807) is 0 Å². The molecule has 0 bridgehead atoms. The molecule has 0 amide bonds. The van der Waals surface area contributed by atoms with Gasteiger partial charge in [0.05, 0.1) is 5.54 Å². The lowest BCUT2D eigenvalue weighted by Gasteiger charge is -2.46. The molecular weight excluding hydrogens is 518 g/mol. The van der Waals surface area contributed by atoms with Gasteiger partial charge in [0, 0.05) is 6.54 Å². The third-order valence-electron chi connectivity index (χ3n) is 8.24. The summed E-state index contributed by atoms with van der Waals surface area (Å²) in [4.78, 5) is 0. The van der Waals surface area contributed by atoms with E-state index in [0.29, 0.717) is 6.54 Å². The molecule has 1 fully saturated rings. The average molecular weight is 556 g/mol. The summed E-state index contributed by atoms with van der Waals surface area (Å²) in [5, 5.41) is 17.0. The van der Waals surface area contributed by atoms with E-state index in [-0.39, 0.29) is 0 Å². The van der Waals surface area contributed by atoms with Crippen molar-refractivity contribution in [3.63, 3.8) is 0 Å². The molecular formula is C38H37NO3. The fourth-order valence-electron chi connectivity index (χ4n) is 6.30. The van der Waals surface area contributed by atoms with Crippen molar-refractivity contribution in [3.8, 4) is 0 Å². The van der Waals surface area contributed by atoms with Gasteiger partial charge < -0.3 is 14.6 Å². The van der Waals surface area contributed by atoms with Crippen molar-refractivity contribution < 1.29 is 14.6 Å². The number of aliphatic hydroxyl groups is 1. The highest BCUT2D eigenvalue weighted by Gasteiger charge is 2.61. The molecule has 1 aliphatic rings. The quantitative estimate of drug-likeness (QED) is 0.202. The predicted molar refractivity (Wildman–Crippen MR) is 167 cm³/mol. The number of nitrogens with one attached hydrogen (secondary N) is 1. The van der Waals surface area contributed by atoms with Crippen molar-refractivity contribution >= 4 is 0 Å². The van der Waals surface area contributed by atoms with Crippen LogP contribution in [0.4, 0.5) is 0 Å². The van der Waals surface area contributed by atoms with E-state index in [0.717, 1.165) is 27.8 Å². The first kappa shape index (κ1) is 28.1. The lowest BCUT2D eigenvalue weighted by Crippen LogP contribution is -2.60. The lowest BCUT2D eigenvalue weighted by atomic mass is 9.70. The molecule has 1 heterocycles. The molecule has 4 nitrogen and oxygen atoms in total. The first-order valence-electron chi connectivity index (χ1n) is 14.5. The minimum atomic E-state index is -1.52. The summed E-state index contributed by atoms with van der Waals surface area (Å²) in [6.45, 7) is 4.43. The minimum absolute atomic E-state index is 0.576. The SMILES string of the molecule is CC1(C)O[C@@H](C(O)(c2ccccc2)c2ccccc2)[C@H](C(NCc2ccccc2)(c2ccccc2)c2ccccc2)O1. The van der Waals surface area contributed by atoms with Crippen molar-refractivity contribution in [1.29, 1.82) is 0 Å². The summed E-state index contributed by atoms with van der Waals surface area (Å²) in [7, 11) is 0. The van der Waals surface area contributed by atoms with Crippen LogP contribution in [0.15, 0.2) is 152 Å². The van der Waals surface area contributed by atoms with Crippen LogP contribution in [0, 0.1) is 0 Å². The molecule has 0 unspecified atom stereocenters. The van der Waals surface area contributed by atoms with Gasteiger partial charge in [0.15, 0.2) is 5.79 Å². The number of ether oxygens (including phenoxy) is 2. The molecule has 2 atom stereocenters. The van der Waals surface area contributed by atoms with Crippen molar-refractivity contribution in [2.75, 3.05) is 0 Å². The fraction of sp³-hybridized carbons (Fsp3) is 0.211. The molecule has 1 saturated heterocycles. The topological polar surface area (TPSA) is 50.7 Å². The average Bonchev–Trinajstić information content (AvgIpc) is 3.39. The molecule has 0 aromatic heterocycles. The van der Waals surface area contributed by atoms with Crippen LogP contribution < -0.4 is 5.32 Å². The summed E-state index contributed by atoms with van der Waals surface area (Å²) in [6, 6.07) is 50.7. The summed E-state index contributed by atoms with van der Waals surface area (Å²) >= 11 is 0. The zero-order valence-electron chi connectivity index (χ0n) is 24.1. The van der Waals surface area contributed by atoms with Crippen molar-refractivity contribution in [2.24, 2.45) is 0 Å². The molecule has 42 heavy (non-hydrogen) atoms. The van der Waals surface area contributed by atoms with Gasteiger partial charge in [-0.1, -0.05) is 152 Å². The van der Waals surface area contributed by atoms with Gasteiger partial charge in [-0.05, 0) is 41.7 Å². The molecule has 212 valence electrons. The number of hydrogen-bond acceptors (Lipinski definition) is 4. The highest BCUT2D eigenvalue weighted by atomic mass is 16.8. The van der Waals surface area contributed by atoms with E-state index in [1.807, 2.05) is 129 Å². The van der Waals surface area contributed by atoms with Crippen LogP contribution in [0.3, 0.4) is 0 Å². The Kier molecular flexibility index (Phi) is 7.80. The Morgan fingerprint density at radius 1 is 0.548 bits per heavy atom. The molecule has 0 aliphatic carbocycles. The Bertz CT molecular complexity index is 1480. The first-order valence-corrected chi connectivity index (χ1v) is 14.5. The summed E-state index contributed by atoms with van der Waals surface area (Å²) < 4.78 is 13.8. The van der Waals surface area contributed by atoms with Gasteiger partial charge in [0.25, 0.3) is 0 Å². The van der Waals surface area contributed by atoms with E-state index in [9.17, 15) is 5.11 Å². The van der Waals surface area contributed by atoms with Crippen LogP contribution in [0.25, 0.3) is 0 Å². The van der Waals surface area contributed by atoms with Gasteiger partial charge in [-0.15, -0.1) is 0 Å². The summed E-state index contributed by atoms with van der Waals surface area (Å²) in [6.07, 6.45) is -1.44. The maximum Gasteiger partial charge on any atom is 0.164 e. The van der Waals surface area contributed by atoms with Crippen LogP contribution in [0.2, 0.25) is 0 Å². The van der Waals surface area contributed by atoms with Crippen LogP contribution >= 0.6 is 0 Å². The summed E-state index contributed by atoms with van der Waals surface area (Å²) in [5.41, 5.74) is 2.25. The maximum atomic E-state index is 13.1. The third-order valence-corrected chi connectivity index (χ3v) is 8.24. The molecule has 4 heteroatoms. The smallest absolute Gasteiger partial charge is 0.164 e. The molecule has 5 aromatic rings. The van der Waals surface area contributed by atoms with Gasteiger partial charge in [-0.3, -0.25) is 5.32 Å². The highest BCUT2D eigenvalue weighted by molar-refractivity contribution is 5.45. The maximum absolute atomic E-state index is 13.1. The van der Waals surface area contributed by atoms with Gasteiger partial charge in [0.1, 0.15) is 17.8 Å². The molecule has 6 rings (SSSR count). The lowest BCUT2D eigenvalue weighted by molar-refractivity contribution is -0.167. The molecule has 0 spiro atoms. The zero-order valence-corrected chi connectivity index (χ0v) is 24.1. The van der Waals surface area contributed by atoms with E-state index in [2.05, 4.69) is 41.7 Å². The first-order chi connectivity index (χ1) is 20.4. The number of benzene rings is 5. The molecule has 2 N–H and O–H groups in total. The van der Waals surface area contributed by atoms with E-state index in [1.165, 1.54) is 0 Å².